The van der Waals surface area contributed by atoms with Gasteiger partial charge in [-0.05, 0) is 49.4 Å². The highest BCUT2D eigenvalue weighted by molar-refractivity contribution is 7.92. The van der Waals surface area contributed by atoms with Crippen LogP contribution in [0.1, 0.15) is 5.82 Å². The number of benzene rings is 2. The summed E-state index contributed by atoms with van der Waals surface area (Å²) < 4.78 is 42.3. The van der Waals surface area contributed by atoms with Gasteiger partial charge < -0.3 is 5.32 Å². The number of rotatable bonds is 4. The number of thiophene rings is 1. The number of carbonyl (C=O) groups excluding carboxylic acids is 1. The van der Waals surface area contributed by atoms with Crippen molar-refractivity contribution in [1.29, 1.82) is 0 Å². The molecule has 2 aromatic heterocycles. The van der Waals surface area contributed by atoms with E-state index in [4.69, 9.17) is 11.6 Å². The van der Waals surface area contributed by atoms with Crippen LogP contribution in [-0.4, -0.2) is 24.0 Å². The fourth-order valence-electron chi connectivity index (χ4n) is 3.06. The molecule has 0 spiro atoms. The molecule has 2 amide bonds. The van der Waals surface area contributed by atoms with Crippen molar-refractivity contribution >= 4 is 55.6 Å². The Hall–Kier alpha value is -3.28. The molecular formula is C20H14ClFN4O4S2. The number of nitrogens with one attached hydrogen (secondary N) is 2. The standard InChI is InChI=1S/C20H14ClFN4O4S2/c1-11-23-15-5-3-2-4-13(15)19(27)26(11)16-7-6-12(10-14(16)22)24-20(28)25-32(29,30)18-9-8-17(21)31-18/h2-10H,1H3,(H2,24,25,28). The number of anilines is 1. The van der Waals surface area contributed by atoms with Gasteiger partial charge in [-0.2, -0.15) is 0 Å². The lowest BCUT2D eigenvalue weighted by Gasteiger charge is -2.13. The Labute approximate surface area is 190 Å². The largest absolute Gasteiger partial charge is 0.333 e. The van der Waals surface area contributed by atoms with Gasteiger partial charge in [-0.3, -0.25) is 9.36 Å². The third-order valence-electron chi connectivity index (χ3n) is 4.43. The van der Waals surface area contributed by atoms with E-state index < -0.39 is 27.4 Å². The quantitative estimate of drug-likeness (QED) is 0.446. The number of fused-ring (bicyclic) bond motifs is 1. The third kappa shape index (κ3) is 4.22. The summed E-state index contributed by atoms with van der Waals surface area (Å²) in [6, 6.07) is 11.9. The van der Waals surface area contributed by atoms with Crippen LogP contribution in [0.15, 0.2) is 63.6 Å². The number of sulfonamides is 1. The number of aromatic nitrogens is 2. The van der Waals surface area contributed by atoms with Crippen LogP contribution in [0, 0.1) is 12.7 Å². The monoisotopic (exact) mass is 492 g/mol. The number of aryl methyl sites for hydroxylation is 1. The zero-order chi connectivity index (χ0) is 23.0. The average molecular weight is 493 g/mol. The fourth-order valence-corrected chi connectivity index (χ4v) is 5.45. The minimum absolute atomic E-state index is 0.0115. The van der Waals surface area contributed by atoms with Crippen molar-refractivity contribution in [3.63, 3.8) is 0 Å². The Kier molecular flexibility index (Phi) is 5.71. The summed E-state index contributed by atoms with van der Waals surface area (Å²) in [5.74, 6) is -0.523. The molecule has 2 heterocycles. The number of halogens is 2. The van der Waals surface area contributed by atoms with Gasteiger partial charge in [0.1, 0.15) is 15.9 Å². The molecule has 2 aromatic carbocycles. The van der Waals surface area contributed by atoms with Crippen LogP contribution < -0.4 is 15.6 Å². The summed E-state index contributed by atoms with van der Waals surface area (Å²) in [5, 5.41) is 2.58. The predicted octanol–water partition coefficient (Wildman–Crippen LogP) is 4.06. The van der Waals surface area contributed by atoms with Crippen LogP contribution in [-0.2, 0) is 10.0 Å². The lowest BCUT2D eigenvalue weighted by molar-refractivity contribution is 0.256. The van der Waals surface area contributed by atoms with E-state index in [1.165, 1.54) is 24.3 Å². The van der Waals surface area contributed by atoms with Crippen molar-refractivity contribution in [1.82, 2.24) is 14.3 Å². The highest BCUT2D eigenvalue weighted by Crippen LogP contribution is 2.25. The normalized spacial score (nSPS) is 11.5. The van der Waals surface area contributed by atoms with Gasteiger partial charge in [-0.1, -0.05) is 23.7 Å². The first-order chi connectivity index (χ1) is 15.2. The van der Waals surface area contributed by atoms with Gasteiger partial charge in [0.25, 0.3) is 15.6 Å². The van der Waals surface area contributed by atoms with Crippen molar-refractivity contribution < 1.29 is 17.6 Å². The van der Waals surface area contributed by atoms with E-state index in [1.807, 2.05) is 4.72 Å². The van der Waals surface area contributed by atoms with E-state index in [0.717, 1.165) is 22.0 Å². The molecule has 4 aromatic rings. The topological polar surface area (TPSA) is 110 Å². The molecule has 0 unspecified atom stereocenters. The molecule has 0 saturated carbocycles. The van der Waals surface area contributed by atoms with Gasteiger partial charge in [0.05, 0.1) is 20.9 Å². The van der Waals surface area contributed by atoms with Crippen molar-refractivity contribution in [2.75, 3.05) is 5.32 Å². The first-order valence-electron chi connectivity index (χ1n) is 9.03. The lowest BCUT2D eigenvalue weighted by Crippen LogP contribution is -2.34. The zero-order valence-electron chi connectivity index (χ0n) is 16.3. The number of urea groups is 1. The van der Waals surface area contributed by atoms with E-state index in [0.29, 0.717) is 10.9 Å². The maximum Gasteiger partial charge on any atom is 0.333 e. The Morgan fingerprint density at radius 2 is 1.91 bits per heavy atom. The third-order valence-corrected chi connectivity index (χ3v) is 7.48. The van der Waals surface area contributed by atoms with Gasteiger partial charge in [0.15, 0.2) is 0 Å². The van der Waals surface area contributed by atoms with Crippen LogP contribution in [0.4, 0.5) is 14.9 Å². The molecule has 0 aliphatic heterocycles. The summed E-state index contributed by atoms with van der Waals surface area (Å²) >= 11 is 6.51. The Morgan fingerprint density at radius 3 is 2.59 bits per heavy atom. The first kappa shape index (κ1) is 21.9. The molecule has 32 heavy (non-hydrogen) atoms. The van der Waals surface area contributed by atoms with Gasteiger partial charge in [-0.25, -0.2) is 27.3 Å². The van der Waals surface area contributed by atoms with Crippen LogP contribution >= 0.6 is 22.9 Å². The van der Waals surface area contributed by atoms with Crippen molar-refractivity contribution in [3.8, 4) is 5.69 Å². The molecule has 4 rings (SSSR count). The van der Waals surface area contributed by atoms with E-state index >= 15 is 0 Å². The van der Waals surface area contributed by atoms with Crippen LogP contribution in [0.2, 0.25) is 4.34 Å². The molecule has 0 bridgehead atoms. The highest BCUT2D eigenvalue weighted by atomic mass is 35.5. The Morgan fingerprint density at radius 1 is 1.16 bits per heavy atom. The van der Waals surface area contributed by atoms with E-state index in [9.17, 15) is 22.4 Å². The van der Waals surface area contributed by atoms with E-state index in [1.54, 1.807) is 31.2 Å². The van der Waals surface area contributed by atoms with Crippen LogP contribution in [0.25, 0.3) is 16.6 Å². The lowest BCUT2D eigenvalue weighted by atomic mass is 10.2. The molecule has 0 radical (unpaired) electrons. The molecule has 0 aliphatic carbocycles. The Balaban J connectivity index is 1.60. The molecule has 12 heteroatoms. The average Bonchev–Trinajstić information content (AvgIpc) is 3.16. The zero-order valence-corrected chi connectivity index (χ0v) is 18.7. The molecule has 0 atom stereocenters. The SMILES string of the molecule is Cc1nc2ccccc2c(=O)n1-c1ccc(NC(=O)NS(=O)(=O)c2ccc(Cl)s2)cc1F. The van der Waals surface area contributed by atoms with Gasteiger partial charge >= 0.3 is 6.03 Å². The molecular weight excluding hydrogens is 479 g/mol. The maximum atomic E-state index is 14.9. The van der Waals surface area contributed by atoms with Crippen LogP contribution in [0.3, 0.4) is 0 Å². The first-order valence-corrected chi connectivity index (χ1v) is 11.7. The summed E-state index contributed by atoms with van der Waals surface area (Å²) in [6.45, 7) is 1.58. The Bertz CT molecular complexity index is 1530. The molecule has 8 nitrogen and oxygen atoms in total. The number of amides is 2. The molecule has 0 aliphatic rings. The van der Waals surface area contributed by atoms with Gasteiger partial charge in [0, 0.05) is 5.69 Å². The number of para-hydroxylation sites is 1. The molecule has 2 N–H and O–H groups in total. The maximum absolute atomic E-state index is 14.9. The number of hydrogen-bond donors (Lipinski definition) is 2. The van der Waals surface area contributed by atoms with Gasteiger partial charge in [0.2, 0.25) is 0 Å². The smallest absolute Gasteiger partial charge is 0.307 e. The molecule has 164 valence electrons. The predicted molar refractivity (Wildman–Crippen MR) is 121 cm³/mol. The summed E-state index contributed by atoms with van der Waals surface area (Å²) in [6.07, 6.45) is 0. The van der Waals surface area contributed by atoms with E-state index in [2.05, 4.69) is 10.3 Å². The van der Waals surface area contributed by atoms with Crippen molar-refractivity contribution in [2.45, 2.75) is 11.1 Å². The second-order valence-corrected chi connectivity index (χ2v) is 10.2. The minimum Gasteiger partial charge on any atom is -0.307 e. The van der Waals surface area contributed by atoms with Crippen LogP contribution in [0.5, 0.6) is 0 Å². The number of carbonyl (C=O) groups is 1. The second-order valence-electron chi connectivity index (χ2n) is 6.60. The van der Waals surface area contributed by atoms with Gasteiger partial charge in [-0.15, -0.1) is 11.3 Å². The summed E-state index contributed by atoms with van der Waals surface area (Å²) in [5.41, 5.74) is -0.0128. The summed E-state index contributed by atoms with van der Waals surface area (Å²) in [4.78, 5) is 29.3. The second kappa shape index (κ2) is 8.34. The molecule has 0 saturated heterocycles. The minimum atomic E-state index is -4.13. The molecule has 0 fully saturated rings. The number of nitrogens with zero attached hydrogens (tertiary/aromatic N) is 2. The number of hydrogen-bond acceptors (Lipinski definition) is 6. The highest BCUT2D eigenvalue weighted by Gasteiger charge is 2.20. The van der Waals surface area contributed by atoms with Crippen molar-refractivity contribution in [2.24, 2.45) is 0 Å². The fraction of sp³-hybridized carbons (Fsp3) is 0.0500. The van der Waals surface area contributed by atoms with Crippen molar-refractivity contribution in [3.05, 3.63) is 80.9 Å². The van der Waals surface area contributed by atoms with E-state index in [-0.39, 0.29) is 25.7 Å². The summed E-state index contributed by atoms with van der Waals surface area (Å²) in [7, 11) is -4.13.